The van der Waals surface area contributed by atoms with Crippen LogP contribution in [0.25, 0.3) is 0 Å². The molecule has 136 valence electrons. The monoisotopic (exact) mass is 378 g/mol. The van der Waals surface area contributed by atoms with E-state index in [4.69, 9.17) is 0 Å². The standard InChI is InChI=1S/C21H18N2O3S/c24-19-15-7-3-4-8-16(15)20(25)23(19)17-11-13-5-1-2-6-14(13)18-12-27-10-9-22(18)21(17)26/h1-8,17-18H,9-12H2/t17-,18+/m0/s1. The molecule has 2 aromatic rings. The third kappa shape index (κ3) is 2.43. The van der Waals surface area contributed by atoms with E-state index in [0.717, 1.165) is 22.6 Å². The smallest absolute Gasteiger partial charge is 0.262 e. The molecule has 2 atom stereocenters. The number of amides is 3. The number of rotatable bonds is 1. The SMILES string of the molecule is O=C1[C@@H](N2C(=O)c3ccccc3C2=O)Cc2ccccc2[C@H]2CSCCN12. The maximum atomic E-state index is 13.4. The van der Waals surface area contributed by atoms with Crippen LogP contribution in [0.4, 0.5) is 0 Å². The van der Waals surface area contributed by atoms with Gasteiger partial charge >= 0.3 is 0 Å². The third-order valence-electron chi connectivity index (χ3n) is 5.66. The molecule has 0 spiro atoms. The minimum atomic E-state index is -0.786. The molecule has 0 bridgehead atoms. The molecule has 0 radical (unpaired) electrons. The van der Waals surface area contributed by atoms with Gasteiger partial charge in [-0.05, 0) is 23.3 Å². The molecule has 6 heteroatoms. The first kappa shape index (κ1) is 16.6. The molecule has 5 rings (SSSR count). The van der Waals surface area contributed by atoms with Gasteiger partial charge in [0, 0.05) is 24.5 Å². The summed E-state index contributed by atoms with van der Waals surface area (Å²) in [6.07, 6.45) is 0.373. The fraction of sp³-hybridized carbons (Fsp3) is 0.286. The van der Waals surface area contributed by atoms with E-state index in [2.05, 4.69) is 6.07 Å². The summed E-state index contributed by atoms with van der Waals surface area (Å²) in [5.41, 5.74) is 2.96. The number of hydrogen-bond donors (Lipinski definition) is 0. The zero-order valence-corrected chi connectivity index (χ0v) is 15.4. The van der Waals surface area contributed by atoms with Crippen molar-refractivity contribution in [3.63, 3.8) is 0 Å². The normalized spacial score (nSPS) is 24.4. The van der Waals surface area contributed by atoms with Crippen molar-refractivity contribution in [2.75, 3.05) is 18.1 Å². The number of nitrogens with zero attached hydrogens (tertiary/aromatic N) is 2. The predicted octanol–water partition coefficient (Wildman–Crippen LogP) is 2.52. The summed E-state index contributed by atoms with van der Waals surface area (Å²) >= 11 is 1.84. The molecule has 3 aliphatic heterocycles. The van der Waals surface area contributed by atoms with E-state index in [1.165, 1.54) is 4.90 Å². The highest BCUT2D eigenvalue weighted by atomic mass is 32.2. The minimum absolute atomic E-state index is 0.00707. The van der Waals surface area contributed by atoms with Gasteiger partial charge in [0.15, 0.2) is 0 Å². The fourth-order valence-corrected chi connectivity index (χ4v) is 5.43. The van der Waals surface area contributed by atoms with Crippen molar-refractivity contribution in [2.45, 2.75) is 18.5 Å². The Balaban J connectivity index is 1.60. The van der Waals surface area contributed by atoms with E-state index in [1.807, 2.05) is 34.9 Å². The van der Waals surface area contributed by atoms with Crippen LogP contribution < -0.4 is 0 Å². The van der Waals surface area contributed by atoms with Crippen LogP contribution >= 0.6 is 11.8 Å². The van der Waals surface area contributed by atoms with E-state index in [0.29, 0.717) is 24.1 Å². The summed E-state index contributed by atoms with van der Waals surface area (Å²) in [6.45, 7) is 0.641. The van der Waals surface area contributed by atoms with Crippen LogP contribution in [-0.2, 0) is 11.2 Å². The highest BCUT2D eigenvalue weighted by molar-refractivity contribution is 7.99. The summed E-state index contributed by atoms with van der Waals surface area (Å²) in [5.74, 6) is 0.871. The van der Waals surface area contributed by atoms with Crippen LogP contribution in [0.1, 0.15) is 37.9 Å². The van der Waals surface area contributed by atoms with Crippen LogP contribution in [0.2, 0.25) is 0 Å². The number of thioether (sulfide) groups is 1. The Morgan fingerprint density at radius 2 is 1.52 bits per heavy atom. The quantitative estimate of drug-likeness (QED) is 0.716. The Labute approximate surface area is 161 Å². The van der Waals surface area contributed by atoms with Crippen molar-refractivity contribution >= 4 is 29.5 Å². The molecule has 1 saturated heterocycles. The number of carbonyl (C=O) groups is 3. The van der Waals surface area contributed by atoms with Crippen LogP contribution in [0, 0.1) is 0 Å². The summed E-state index contributed by atoms with van der Waals surface area (Å²) in [6, 6.07) is 14.0. The van der Waals surface area contributed by atoms with Gasteiger partial charge in [-0.25, -0.2) is 0 Å². The number of imide groups is 1. The van der Waals surface area contributed by atoms with Crippen LogP contribution in [-0.4, -0.2) is 51.6 Å². The first-order valence-corrected chi connectivity index (χ1v) is 10.2. The lowest BCUT2D eigenvalue weighted by Crippen LogP contribution is -2.52. The molecule has 0 saturated carbocycles. The highest BCUT2D eigenvalue weighted by Crippen LogP contribution is 2.37. The molecule has 27 heavy (non-hydrogen) atoms. The Kier molecular flexibility index (Phi) is 3.82. The van der Waals surface area contributed by atoms with Crippen molar-refractivity contribution in [3.8, 4) is 0 Å². The largest absolute Gasteiger partial charge is 0.332 e. The number of carbonyl (C=O) groups excluding carboxylic acids is 3. The Morgan fingerprint density at radius 3 is 2.26 bits per heavy atom. The van der Waals surface area contributed by atoms with E-state index in [1.54, 1.807) is 24.3 Å². The second kappa shape index (κ2) is 6.23. The van der Waals surface area contributed by atoms with E-state index < -0.39 is 6.04 Å². The molecule has 1 fully saturated rings. The molecule has 0 aromatic heterocycles. The highest BCUT2D eigenvalue weighted by Gasteiger charge is 2.47. The lowest BCUT2D eigenvalue weighted by atomic mass is 9.98. The molecule has 0 aliphatic carbocycles. The summed E-state index contributed by atoms with van der Waals surface area (Å²) < 4.78 is 0. The molecular formula is C21H18N2O3S. The van der Waals surface area contributed by atoms with E-state index >= 15 is 0 Å². The number of hydrogen-bond acceptors (Lipinski definition) is 4. The van der Waals surface area contributed by atoms with Crippen LogP contribution in [0.3, 0.4) is 0 Å². The van der Waals surface area contributed by atoms with Crippen molar-refractivity contribution in [2.24, 2.45) is 0 Å². The number of fused-ring (bicyclic) bond motifs is 4. The van der Waals surface area contributed by atoms with Gasteiger partial charge in [-0.15, -0.1) is 0 Å². The van der Waals surface area contributed by atoms with Gasteiger partial charge in [-0.3, -0.25) is 19.3 Å². The molecule has 2 aromatic carbocycles. The van der Waals surface area contributed by atoms with Crippen molar-refractivity contribution < 1.29 is 14.4 Å². The molecule has 3 heterocycles. The van der Waals surface area contributed by atoms with Gasteiger partial charge in [0.2, 0.25) is 5.91 Å². The minimum Gasteiger partial charge on any atom is -0.332 e. The third-order valence-corrected chi connectivity index (χ3v) is 6.68. The van der Waals surface area contributed by atoms with Crippen molar-refractivity contribution in [1.29, 1.82) is 0 Å². The second-order valence-corrected chi connectivity index (χ2v) is 8.22. The Morgan fingerprint density at radius 1 is 0.852 bits per heavy atom. The van der Waals surface area contributed by atoms with Gasteiger partial charge in [0.1, 0.15) is 6.04 Å². The lowest BCUT2D eigenvalue weighted by Gasteiger charge is -2.37. The Bertz CT molecular complexity index is 938. The first-order valence-electron chi connectivity index (χ1n) is 9.10. The van der Waals surface area contributed by atoms with Crippen LogP contribution in [0.15, 0.2) is 48.5 Å². The molecule has 0 N–H and O–H groups in total. The van der Waals surface area contributed by atoms with Crippen molar-refractivity contribution in [3.05, 3.63) is 70.8 Å². The van der Waals surface area contributed by atoms with Gasteiger partial charge in [-0.2, -0.15) is 11.8 Å². The van der Waals surface area contributed by atoms with Gasteiger partial charge in [0.05, 0.1) is 17.2 Å². The fourth-order valence-electron chi connectivity index (χ4n) is 4.35. The van der Waals surface area contributed by atoms with E-state index in [9.17, 15) is 14.4 Å². The second-order valence-electron chi connectivity index (χ2n) is 7.07. The summed E-state index contributed by atoms with van der Waals surface area (Å²) in [5, 5.41) is 0. The zero-order valence-electron chi connectivity index (χ0n) is 14.6. The average molecular weight is 378 g/mol. The van der Waals surface area contributed by atoms with Gasteiger partial charge in [-0.1, -0.05) is 36.4 Å². The Hall–Kier alpha value is -2.60. The summed E-state index contributed by atoms with van der Waals surface area (Å²) in [4.78, 5) is 42.4. The lowest BCUT2D eigenvalue weighted by molar-refractivity contribution is -0.137. The maximum absolute atomic E-state index is 13.4. The van der Waals surface area contributed by atoms with Gasteiger partial charge < -0.3 is 4.90 Å². The molecular weight excluding hydrogens is 360 g/mol. The van der Waals surface area contributed by atoms with Gasteiger partial charge in [0.25, 0.3) is 11.8 Å². The predicted molar refractivity (Wildman–Crippen MR) is 103 cm³/mol. The summed E-state index contributed by atoms with van der Waals surface area (Å²) in [7, 11) is 0. The average Bonchev–Trinajstić information content (AvgIpc) is 2.89. The molecule has 5 nitrogen and oxygen atoms in total. The molecule has 0 unspecified atom stereocenters. The first-order chi connectivity index (χ1) is 13.2. The molecule has 3 amide bonds. The number of benzene rings is 2. The van der Waals surface area contributed by atoms with Crippen molar-refractivity contribution in [1.82, 2.24) is 9.80 Å². The molecule has 3 aliphatic rings. The van der Waals surface area contributed by atoms with Crippen LogP contribution in [0.5, 0.6) is 0 Å². The maximum Gasteiger partial charge on any atom is 0.262 e. The van der Waals surface area contributed by atoms with E-state index in [-0.39, 0.29) is 23.8 Å². The zero-order chi connectivity index (χ0) is 18.5. The topological polar surface area (TPSA) is 57.7 Å².